The lowest BCUT2D eigenvalue weighted by atomic mass is 9.90. The quantitative estimate of drug-likeness (QED) is 0.180. The number of hydrogen-bond acceptors (Lipinski definition) is 9. The fourth-order valence-electron chi connectivity index (χ4n) is 4.01. The lowest BCUT2D eigenvalue weighted by Gasteiger charge is -2.17. The molecule has 218 valence electrons. The van der Waals surface area contributed by atoms with Gasteiger partial charge >= 0.3 is 11.9 Å². The normalized spacial score (nSPS) is 12.9. The van der Waals surface area contributed by atoms with E-state index in [1.807, 2.05) is 13.8 Å². The Labute approximate surface area is 236 Å². The molecule has 3 aliphatic rings. The molecular weight excluding hydrogens is 558 g/mol. The van der Waals surface area contributed by atoms with Gasteiger partial charge in [-0.2, -0.15) is 4.39 Å². The molecule has 0 bridgehead atoms. The van der Waals surface area contributed by atoms with E-state index in [4.69, 9.17) is 9.25 Å². The largest absolute Gasteiger partial charge is 0.508 e. The lowest BCUT2D eigenvalue weighted by molar-refractivity contribution is -0.172. The Morgan fingerprint density at radius 1 is 0.952 bits per heavy atom. The zero-order chi connectivity index (χ0) is 31.1. The number of rotatable bonds is 4. The molecule has 0 aromatic heterocycles. The van der Waals surface area contributed by atoms with Gasteiger partial charge in [-0.05, 0) is 42.0 Å². The van der Waals surface area contributed by atoms with Crippen LogP contribution in [0.25, 0.3) is 33.4 Å². The van der Waals surface area contributed by atoms with Crippen LogP contribution >= 0.6 is 0 Å². The van der Waals surface area contributed by atoms with Crippen molar-refractivity contribution in [3.63, 3.8) is 0 Å². The summed E-state index contributed by atoms with van der Waals surface area (Å²) in [5.74, 6) is -4.70. The monoisotopic (exact) mass is 582 g/mol. The number of carbonyl (C=O) groups excluding carboxylic acids is 3. The zero-order valence-corrected chi connectivity index (χ0v) is 22.5. The van der Waals surface area contributed by atoms with E-state index >= 15 is 0 Å². The topological polar surface area (TPSA) is 164 Å². The molecule has 11 nitrogen and oxygen atoms in total. The number of phenolic OH excluding ortho intramolecular Hbond substituents is 1. The molecule has 2 amide bonds. The number of carboxylic acids is 1. The number of carboxylic acid groups (broad SMARTS) is 1. The van der Waals surface area contributed by atoms with E-state index in [-0.39, 0.29) is 52.1 Å². The fraction of sp³-hybridized carbons (Fsp3) is 0.172. The Morgan fingerprint density at radius 2 is 1.57 bits per heavy atom. The van der Waals surface area contributed by atoms with Crippen molar-refractivity contribution < 1.29 is 47.5 Å². The van der Waals surface area contributed by atoms with Gasteiger partial charge in [0.25, 0.3) is 11.8 Å². The van der Waals surface area contributed by atoms with Crippen LogP contribution in [0, 0.1) is 0 Å². The molecule has 0 spiro atoms. The summed E-state index contributed by atoms with van der Waals surface area (Å²) in [5.41, 5.74) is 0.479. The number of amides is 2. The maximum atomic E-state index is 12.6. The van der Waals surface area contributed by atoms with Gasteiger partial charge in [0.2, 0.25) is 5.97 Å². The minimum Gasteiger partial charge on any atom is -0.508 e. The molecule has 13 heteroatoms. The van der Waals surface area contributed by atoms with Crippen molar-refractivity contribution >= 4 is 40.7 Å². The average Bonchev–Trinajstić information content (AvgIpc) is 3.28. The van der Waals surface area contributed by atoms with Crippen LogP contribution < -0.4 is 5.43 Å². The minimum atomic E-state index is -1.36. The van der Waals surface area contributed by atoms with Crippen LogP contribution in [-0.4, -0.2) is 45.0 Å². The molecule has 1 saturated heterocycles. The predicted octanol–water partition coefficient (Wildman–Crippen LogP) is 5.47. The highest BCUT2D eigenvalue weighted by atomic mass is 19.2. The summed E-state index contributed by atoms with van der Waals surface area (Å²) in [6, 6.07) is 12.1. The Kier molecular flexibility index (Phi) is 9.81. The number of halogens is 2. The summed E-state index contributed by atoms with van der Waals surface area (Å²) in [6.45, 7) is 4.93. The standard InChI is InChI=1S/C25H15NO9.C2H3F2N.C2H6/c27-13-2-5-16-19(10-13)34-20-11-14(28)3-6-17(20)23(16)15-4-1-12(9-18(15)24(31)32)25(33)35-26-21(29)7-8-22(26)30;1-2(3)5-4;1-2/h1-6,9-11,27H,7-8H2,(H,31,32);1H3;1-2H3/b;5-2-;. The second-order valence-corrected chi connectivity index (χ2v) is 8.42. The highest BCUT2D eigenvalue weighted by Crippen LogP contribution is 2.42. The van der Waals surface area contributed by atoms with Gasteiger partial charge in [-0.15, -0.1) is 5.06 Å². The number of hydrogen-bond donors (Lipinski definition) is 2. The van der Waals surface area contributed by atoms with Gasteiger partial charge in [0.1, 0.15) is 17.1 Å². The second-order valence-electron chi connectivity index (χ2n) is 8.42. The van der Waals surface area contributed by atoms with Gasteiger partial charge < -0.3 is 19.5 Å². The van der Waals surface area contributed by atoms with Gasteiger partial charge in [-0.3, -0.25) is 14.4 Å². The van der Waals surface area contributed by atoms with Crippen molar-refractivity contribution in [2.24, 2.45) is 5.21 Å². The Morgan fingerprint density at radius 3 is 2.17 bits per heavy atom. The molecule has 0 unspecified atom stereocenters. The van der Waals surface area contributed by atoms with Gasteiger partial charge in [0.15, 0.2) is 5.43 Å². The fourth-order valence-corrected chi connectivity index (χ4v) is 4.01. The summed E-state index contributed by atoms with van der Waals surface area (Å²) in [7, 11) is 0. The number of imide groups is 1. The van der Waals surface area contributed by atoms with Crippen molar-refractivity contribution in [1.82, 2.24) is 5.06 Å². The van der Waals surface area contributed by atoms with Crippen LogP contribution in [0.5, 0.6) is 5.75 Å². The first kappa shape index (κ1) is 31.1. The first-order valence-electron chi connectivity index (χ1n) is 12.5. The van der Waals surface area contributed by atoms with Crippen LogP contribution in [0.1, 0.15) is 54.3 Å². The molecule has 2 aromatic carbocycles. The molecule has 1 aliphatic carbocycles. The second kappa shape index (κ2) is 13.3. The molecule has 2 aromatic rings. The van der Waals surface area contributed by atoms with Crippen molar-refractivity contribution in [3.05, 3.63) is 75.9 Å². The molecule has 0 radical (unpaired) electrons. The van der Waals surface area contributed by atoms with E-state index in [9.17, 15) is 43.1 Å². The predicted molar refractivity (Wildman–Crippen MR) is 146 cm³/mol. The Bertz CT molecular complexity index is 1730. The molecule has 1 fully saturated rings. The van der Waals surface area contributed by atoms with E-state index in [0.717, 1.165) is 13.0 Å². The smallest absolute Gasteiger partial charge is 0.363 e. The first-order chi connectivity index (χ1) is 20.0. The van der Waals surface area contributed by atoms with Crippen LogP contribution in [0.3, 0.4) is 0 Å². The van der Waals surface area contributed by atoms with Crippen molar-refractivity contribution in [3.8, 4) is 28.2 Å². The number of phenols is 1. The number of aromatic hydroxyl groups is 1. The van der Waals surface area contributed by atoms with E-state index < -0.39 is 29.7 Å². The molecule has 2 N–H and O–H groups in total. The maximum Gasteiger partial charge on any atom is 0.363 e. The molecule has 2 heterocycles. The van der Waals surface area contributed by atoms with Gasteiger partial charge in [0.05, 0.1) is 11.1 Å². The van der Waals surface area contributed by atoms with Crippen LogP contribution in [0.2, 0.25) is 0 Å². The Balaban J connectivity index is 0.000000627. The summed E-state index contributed by atoms with van der Waals surface area (Å²) >= 11 is 0. The summed E-state index contributed by atoms with van der Waals surface area (Å²) in [4.78, 5) is 65.1. The SMILES string of the molecule is C/C(F)=N/F.CC.O=C(ON1C(=O)CCC1=O)c1ccc(-c2c3ccc(=O)cc-3oc3cc(O)ccc23)c(C(=O)O)c1. The number of nitrogens with zero attached hydrogens (tertiary/aromatic N) is 2. The number of aromatic carboxylic acids is 1. The molecule has 0 saturated carbocycles. The van der Waals surface area contributed by atoms with Crippen LogP contribution in [0.15, 0.2) is 69.0 Å². The number of hydroxylamine groups is 2. The minimum absolute atomic E-state index is 0.0781. The number of benzene rings is 3. The average molecular weight is 583 g/mol. The third-order valence-electron chi connectivity index (χ3n) is 5.73. The molecule has 0 atom stereocenters. The Hall–Kier alpha value is -5.46. The third kappa shape index (κ3) is 6.63. The van der Waals surface area contributed by atoms with Crippen molar-refractivity contribution in [2.75, 3.05) is 0 Å². The molecule has 42 heavy (non-hydrogen) atoms. The summed E-state index contributed by atoms with van der Waals surface area (Å²) < 4.78 is 26.9. The van der Waals surface area contributed by atoms with Gasteiger partial charge in [-0.25, -0.2) is 9.59 Å². The summed E-state index contributed by atoms with van der Waals surface area (Å²) in [6.07, 6.45) is -0.156. The molecule has 5 rings (SSSR count). The highest BCUT2D eigenvalue weighted by molar-refractivity contribution is 6.09. The van der Waals surface area contributed by atoms with E-state index in [2.05, 4.69) is 0 Å². The van der Waals surface area contributed by atoms with Crippen LogP contribution in [-0.2, 0) is 14.4 Å². The summed E-state index contributed by atoms with van der Waals surface area (Å²) in [5, 5.41) is 22.3. The van der Waals surface area contributed by atoms with Gasteiger partial charge in [0, 0.05) is 48.4 Å². The number of fused-ring (bicyclic) bond motifs is 2. The zero-order valence-electron chi connectivity index (χ0n) is 22.5. The lowest BCUT2D eigenvalue weighted by Crippen LogP contribution is -2.32. The van der Waals surface area contributed by atoms with Gasteiger partial charge in [-0.1, -0.05) is 29.6 Å². The van der Waals surface area contributed by atoms with E-state index in [1.54, 1.807) is 11.3 Å². The van der Waals surface area contributed by atoms with E-state index in [0.29, 0.717) is 21.6 Å². The van der Waals surface area contributed by atoms with Crippen LogP contribution in [0.4, 0.5) is 8.87 Å². The van der Waals surface area contributed by atoms with Crippen molar-refractivity contribution in [1.29, 1.82) is 0 Å². The number of carbonyl (C=O) groups is 4. The van der Waals surface area contributed by atoms with Crippen molar-refractivity contribution in [2.45, 2.75) is 33.6 Å². The molecular formula is C29H24F2N2O9. The first-order valence-corrected chi connectivity index (χ1v) is 12.5. The van der Waals surface area contributed by atoms with E-state index in [1.165, 1.54) is 42.5 Å². The highest BCUT2D eigenvalue weighted by Gasteiger charge is 2.33. The molecule has 2 aliphatic heterocycles. The third-order valence-corrected chi connectivity index (χ3v) is 5.73. The maximum absolute atomic E-state index is 12.6.